The first-order valence-corrected chi connectivity index (χ1v) is 12.4. The maximum Gasteiger partial charge on any atom is 0.331 e. The topological polar surface area (TPSA) is 110 Å². The molecule has 0 aromatic rings. The molecule has 0 aromatic carbocycles. The number of aliphatic carboxylic acids is 1. The molecule has 0 rings (SSSR count). The third-order valence-electron chi connectivity index (χ3n) is 5.20. The lowest BCUT2D eigenvalue weighted by Gasteiger charge is -2.11. The van der Waals surface area contributed by atoms with Crippen LogP contribution >= 0.6 is 0 Å². The summed E-state index contributed by atoms with van der Waals surface area (Å²) in [4.78, 5) is 33.1. The molecule has 1 atom stereocenters. The number of aliphatic hydroxyl groups is 1. The summed E-state index contributed by atoms with van der Waals surface area (Å²) in [6, 6.07) is 0. The largest absolute Gasteiger partial charge is 0.478 e. The Kier molecular flexibility index (Phi) is 21.0. The van der Waals surface area contributed by atoms with Crippen LogP contribution in [0.2, 0.25) is 0 Å². The van der Waals surface area contributed by atoms with E-state index in [4.69, 9.17) is 9.84 Å². The summed E-state index contributed by atoms with van der Waals surface area (Å²) in [6.07, 6.45) is 19.5. The van der Waals surface area contributed by atoms with Gasteiger partial charge in [-0.05, 0) is 6.42 Å². The van der Waals surface area contributed by atoms with E-state index in [0.717, 1.165) is 25.3 Å². The SMILES string of the molecule is CCCCCCCCCCCCCCCCCC(=O)OCC(O)COC(=O)/C=C/C(=O)O. The van der Waals surface area contributed by atoms with Crippen molar-refractivity contribution in [1.82, 2.24) is 0 Å². The van der Waals surface area contributed by atoms with Crippen LogP contribution in [0, 0.1) is 0 Å². The number of carbonyl (C=O) groups is 3. The van der Waals surface area contributed by atoms with Crippen molar-refractivity contribution in [3.63, 3.8) is 0 Å². The predicted molar refractivity (Wildman–Crippen MR) is 124 cm³/mol. The first kappa shape index (κ1) is 30.1. The Bertz CT molecular complexity index is 516. The van der Waals surface area contributed by atoms with Gasteiger partial charge in [0.15, 0.2) is 0 Å². The molecule has 0 aromatic heterocycles. The maximum atomic E-state index is 11.7. The zero-order chi connectivity index (χ0) is 23.9. The minimum atomic E-state index is -1.27. The number of aliphatic hydroxyl groups excluding tert-OH is 1. The van der Waals surface area contributed by atoms with Gasteiger partial charge in [0, 0.05) is 18.6 Å². The van der Waals surface area contributed by atoms with Crippen molar-refractivity contribution in [3.8, 4) is 0 Å². The molecule has 0 spiro atoms. The van der Waals surface area contributed by atoms with Crippen LogP contribution < -0.4 is 0 Å². The van der Waals surface area contributed by atoms with E-state index in [1.54, 1.807) is 0 Å². The highest BCUT2D eigenvalue weighted by atomic mass is 16.6. The zero-order valence-electron chi connectivity index (χ0n) is 19.9. The van der Waals surface area contributed by atoms with Crippen LogP contribution in [-0.4, -0.2) is 47.4 Å². The number of hydrogen-bond donors (Lipinski definition) is 2. The van der Waals surface area contributed by atoms with Crippen molar-refractivity contribution in [2.45, 2.75) is 116 Å². The number of carboxylic acid groups (broad SMARTS) is 1. The molecular weight excluding hydrogens is 412 g/mol. The minimum Gasteiger partial charge on any atom is -0.478 e. The van der Waals surface area contributed by atoms with Crippen molar-refractivity contribution in [1.29, 1.82) is 0 Å². The van der Waals surface area contributed by atoms with Gasteiger partial charge in [0.05, 0.1) is 0 Å². The normalized spacial score (nSPS) is 12.1. The molecule has 2 N–H and O–H groups in total. The van der Waals surface area contributed by atoms with Crippen LogP contribution in [0.15, 0.2) is 12.2 Å². The average molecular weight is 457 g/mol. The van der Waals surface area contributed by atoms with Gasteiger partial charge in [0.1, 0.15) is 19.3 Å². The van der Waals surface area contributed by atoms with Crippen molar-refractivity contribution >= 4 is 17.9 Å². The fourth-order valence-electron chi connectivity index (χ4n) is 3.32. The van der Waals surface area contributed by atoms with Crippen LogP contribution in [0.3, 0.4) is 0 Å². The molecule has 0 aliphatic carbocycles. The molecule has 0 saturated heterocycles. The molecule has 0 heterocycles. The van der Waals surface area contributed by atoms with Gasteiger partial charge in [-0.3, -0.25) is 4.79 Å². The second-order valence-corrected chi connectivity index (χ2v) is 8.34. The smallest absolute Gasteiger partial charge is 0.331 e. The van der Waals surface area contributed by atoms with Gasteiger partial charge >= 0.3 is 17.9 Å². The Labute approximate surface area is 193 Å². The van der Waals surface area contributed by atoms with Crippen molar-refractivity contribution < 1.29 is 34.1 Å². The Balaban J connectivity index is 3.40. The molecule has 0 saturated carbocycles. The van der Waals surface area contributed by atoms with Gasteiger partial charge in [-0.15, -0.1) is 0 Å². The van der Waals surface area contributed by atoms with Crippen LogP contribution in [-0.2, 0) is 23.9 Å². The summed E-state index contributed by atoms with van der Waals surface area (Å²) in [5.41, 5.74) is 0. The first-order valence-electron chi connectivity index (χ1n) is 12.4. The van der Waals surface area contributed by atoms with Crippen LogP contribution in [0.5, 0.6) is 0 Å². The Morgan fingerprint density at radius 3 is 1.59 bits per heavy atom. The van der Waals surface area contributed by atoms with Crippen molar-refractivity contribution in [3.05, 3.63) is 12.2 Å². The van der Waals surface area contributed by atoms with Crippen LogP contribution in [0.4, 0.5) is 0 Å². The van der Waals surface area contributed by atoms with E-state index < -0.39 is 18.0 Å². The number of hydrogen-bond acceptors (Lipinski definition) is 6. The van der Waals surface area contributed by atoms with E-state index >= 15 is 0 Å². The quantitative estimate of drug-likeness (QED) is 0.129. The Morgan fingerprint density at radius 1 is 0.688 bits per heavy atom. The predicted octanol–water partition coefficient (Wildman–Crippen LogP) is 5.34. The summed E-state index contributed by atoms with van der Waals surface area (Å²) in [7, 11) is 0. The molecule has 0 radical (unpaired) electrons. The van der Waals surface area contributed by atoms with E-state index in [1.807, 2.05) is 0 Å². The molecule has 7 heteroatoms. The van der Waals surface area contributed by atoms with E-state index in [9.17, 15) is 19.5 Å². The van der Waals surface area contributed by atoms with Gasteiger partial charge < -0.3 is 19.7 Å². The number of esters is 2. The molecule has 7 nitrogen and oxygen atoms in total. The third kappa shape index (κ3) is 22.8. The van der Waals surface area contributed by atoms with Gasteiger partial charge in [-0.25, -0.2) is 9.59 Å². The van der Waals surface area contributed by atoms with E-state index in [1.165, 1.54) is 77.0 Å². The van der Waals surface area contributed by atoms with Crippen molar-refractivity contribution in [2.24, 2.45) is 0 Å². The fourth-order valence-corrected chi connectivity index (χ4v) is 3.32. The van der Waals surface area contributed by atoms with Gasteiger partial charge in [0.2, 0.25) is 0 Å². The summed E-state index contributed by atoms with van der Waals surface area (Å²) in [5, 5.41) is 18.0. The van der Waals surface area contributed by atoms with E-state index in [0.29, 0.717) is 12.5 Å². The molecule has 186 valence electrons. The van der Waals surface area contributed by atoms with Gasteiger partial charge in [-0.2, -0.15) is 0 Å². The molecule has 32 heavy (non-hydrogen) atoms. The molecule has 0 aliphatic rings. The molecule has 0 bridgehead atoms. The maximum absolute atomic E-state index is 11.7. The highest BCUT2D eigenvalue weighted by Crippen LogP contribution is 2.13. The lowest BCUT2D eigenvalue weighted by Crippen LogP contribution is -2.25. The second-order valence-electron chi connectivity index (χ2n) is 8.34. The van der Waals surface area contributed by atoms with Gasteiger partial charge in [0.25, 0.3) is 0 Å². The van der Waals surface area contributed by atoms with Crippen molar-refractivity contribution in [2.75, 3.05) is 13.2 Å². The average Bonchev–Trinajstić information content (AvgIpc) is 2.77. The Hall–Kier alpha value is -1.89. The lowest BCUT2D eigenvalue weighted by molar-refractivity contribution is -0.150. The van der Waals surface area contributed by atoms with E-state index in [2.05, 4.69) is 11.7 Å². The highest BCUT2D eigenvalue weighted by Gasteiger charge is 2.11. The summed E-state index contributed by atoms with van der Waals surface area (Å²) in [5.74, 6) is -2.53. The number of carbonyl (C=O) groups excluding carboxylic acids is 2. The minimum absolute atomic E-state index is 0.256. The molecule has 1 unspecified atom stereocenters. The number of ether oxygens (including phenoxy) is 2. The first-order chi connectivity index (χ1) is 15.5. The molecular formula is C25H44O7. The molecule has 0 aliphatic heterocycles. The fraction of sp³-hybridized carbons (Fsp3) is 0.800. The van der Waals surface area contributed by atoms with Crippen LogP contribution in [0.25, 0.3) is 0 Å². The molecule has 0 fully saturated rings. The number of unbranched alkanes of at least 4 members (excludes halogenated alkanes) is 14. The van der Waals surface area contributed by atoms with Gasteiger partial charge in [-0.1, -0.05) is 96.8 Å². The Morgan fingerprint density at radius 2 is 1.12 bits per heavy atom. The number of carboxylic acids is 1. The van der Waals surface area contributed by atoms with E-state index in [-0.39, 0.29) is 19.2 Å². The standard InChI is InChI=1S/C25H44O7/c1-2-3-4-5-6-7-8-9-10-11-12-13-14-15-16-17-24(29)31-20-22(26)21-32-25(30)19-18-23(27)28/h18-19,22,26H,2-17,20-21H2,1H3,(H,27,28)/b19-18+. The lowest BCUT2D eigenvalue weighted by atomic mass is 10.0. The molecule has 0 amide bonds. The van der Waals surface area contributed by atoms with Crippen LogP contribution in [0.1, 0.15) is 110 Å². The second kappa shape index (κ2) is 22.3. The third-order valence-corrected chi connectivity index (χ3v) is 5.20. The monoisotopic (exact) mass is 456 g/mol. The number of rotatable bonds is 22. The summed E-state index contributed by atoms with van der Waals surface area (Å²) in [6.45, 7) is 1.63. The summed E-state index contributed by atoms with van der Waals surface area (Å²) >= 11 is 0. The summed E-state index contributed by atoms with van der Waals surface area (Å²) < 4.78 is 9.61. The highest BCUT2D eigenvalue weighted by molar-refractivity contribution is 5.90. The zero-order valence-corrected chi connectivity index (χ0v) is 19.9.